The lowest BCUT2D eigenvalue weighted by Crippen LogP contribution is -2.15. The predicted octanol–water partition coefficient (Wildman–Crippen LogP) is 6.42. The SMILES string of the molecule is O=C(Nc1nn(Cc2ccccc2Cl)cc1Cl)/C(=C\c1ccccc1)c1ccccc1. The molecule has 31 heavy (non-hydrogen) atoms. The molecule has 0 unspecified atom stereocenters. The van der Waals surface area contributed by atoms with Crippen molar-refractivity contribution in [1.29, 1.82) is 0 Å². The van der Waals surface area contributed by atoms with Crippen molar-refractivity contribution in [2.75, 3.05) is 5.32 Å². The maximum absolute atomic E-state index is 13.2. The van der Waals surface area contributed by atoms with E-state index >= 15 is 0 Å². The second kappa shape index (κ2) is 9.65. The van der Waals surface area contributed by atoms with E-state index in [1.54, 1.807) is 10.9 Å². The van der Waals surface area contributed by atoms with Crippen molar-refractivity contribution in [3.63, 3.8) is 0 Å². The second-order valence-electron chi connectivity index (χ2n) is 6.90. The van der Waals surface area contributed by atoms with Crippen molar-refractivity contribution in [3.05, 3.63) is 118 Å². The summed E-state index contributed by atoms with van der Waals surface area (Å²) in [6, 6.07) is 26.7. The highest BCUT2D eigenvalue weighted by molar-refractivity contribution is 6.35. The molecule has 1 amide bonds. The van der Waals surface area contributed by atoms with Crippen LogP contribution in [0.15, 0.2) is 91.1 Å². The van der Waals surface area contributed by atoms with Gasteiger partial charge in [-0.15, -0.1) is 0 Å². The van der Waals surface area contributed by atoms with Crippen molar-refractivity contribution in [3.8, 4) is 0 Å². The summed E-state index contributed by atoms with van der Waals surface area (Å²) in [4.78, 5) is 13.2. The standard InChI is InChI=1S/C25H19Cl2N3O/c26-22-14-8-7-13-20(22)16-30-17-23(27)24(29-30)28-25(31)21(19-11-5-2-6-12-19)15-18-9-3-1-4-10-18/h1-15,17H,16H2,(H,28,29,31)/b21-15-. The fourth-order valence-electron chi connectivity index (χ4n) is 3.15. The van der Waals surface area contributed by atoms with E-state index in [0.717, 1.165) is 16.7 Å². The maximum Gasteiger partial charge on any atom is 0.257 e. The van der Waals surface area contributed by atoms with Gasteiger partial charge in [0.25, 0.3) is 5.91 Å². The number of carbonyl (C=O) groups excluding carboxylic acids is 1. The van der Waals surface area contributed by atoms with Gasteiger partial charge in [0.15, 0.2) is 5.82 Å². The monoisotopic (exact) mass is 447 g/mol. The average Bonchev–Trinajstić information content (AvgIpc) is 3.13. The van der Waals surface area contributed by atoms with Gasteiger partial charge < -0.3 is 5.32 Å². The van der Waals surface area contributed by atoms with Crippen LogP contribution in [-0.4, -0.2) is 15.7 Å². The molecule has 0 aliphatic rings. The topological polar surface area (TPSA) is 46.9 Å². The number of aromatic nitrogens is 2. The molecule has 154 valence electrons. The van der Waals surface area contributed by atoms with E-state index < -0.39 is 0 Å². The number of hydrogen-bond acceptors (Lipinski definition) is 2. The Morgan fingerprint density at radius 3 is 2.23 bits per heavy atom. The molecule has 0 fully saturated rings. The Labute approximate surface area is 190 Å². The first-order chi connectivity index (χ1) is 15.1. The molecule has 0 atom stereocenters. The lowest BCUT2D eigenvalue weighted by molar-refractivity contribution is -0.111. The molecule has 1 heterocycles. The maximum atomic E-state index is 13.2. The van der Waals surface area contributed by atoms with Crippen LogP contribution in [0.4, 0.5) is 5.82 Å². The third kappa shape index (κ3) is 5.23. The summed E-state index contributed by atoms with van der Waals surface area (Å²) in [6.45, 7) is 0.445. The molecule has 1 N–H and O–H groups in total. The van der Waals surface area contributed by atoms with Gasteiger partial charge in [-0.05, 0) is 28.8 Å². The molecule has 4 aromatic rings. The van der Waals surface area contributed by atoms with Crippen molar-refractivity contribution in [1.82, 2.24) is 9.78 Å². The van der Waals surface area contributed by atoms with Crippen LogP contribution in [0.1, 0.15) is 16.7 Å². The molecular weight excluding hydrogens is 429 g/mol. The van der Waals surface area contributed by atoms with Gasteiger partial charge >= 0.3 is 0 Å². The van der Waals surface area contributed by atoms with Crippen molar-refractivity contribution in [2.24, 2.45) is 0 Å². The zero-order valence-electron chi connectivity index (χ0n) is 16.5. The smallest absolute Gasteiger partial charge is 0.257 e. The summed E-state index contributed by atoms with van der Waals surface area (Å²) in [5.41, 5.74) is 3.15. The number of hydrogen-bond donors (Lipinski definition) is 1. The highest BCUT2D eigenvalue weighted by Crippen LogP contribution is 2.25. The van der Waals surface area contributed by atoms with E-state index in [0.29, 0.717) is 28.0 Å². The van der Waals surface area contributed by atoms with E-state index in [2.05, 4.69) is 10.4 Å². The van der Waals surface area contributed by atoms with Crippen LogP contribution in [-0.2, 0) is 11.3 Å². The van der Waals surface area contributed by atoms with Crippen LogP contribution in [0.3, 0.4) is 0 Å². The molecule has 4 nitrogen and oxygen atoms in total. The van der Waals surface area contributed by atoms with E-state index in [1.807, 2.05) is 91.0 Å². The Hall–Kier alpha value is -3.34. The Morgan fingerprint density at radius 2 is 1.52 bits per heavy atom. The Kier molecular flexibility index (Phi) is 6.51. The molecule has 0 spiro atoms. The number of nitrogens with zero attached hydrogens (tertiary/aromatic N) is 2. The van der Waals surface area contributed by atoms with E-state index in [-0.39, 0.29) is 5.91 Å². The highest BCUT2D eigenvalue weighted by Gasteiger charge is 2.16. The fraction of sp³-hybridized carbons (Fsp3) is 0.0400. The zero-order chi connectivity index (χ0) is 21.6. The van der Waals surface area contributed by atoms with Crippen molar-refractivity contribution < 1.29 is 4.79 Å². The molecule has 6 heteroatoms. The predicted molar refractivity (Wildman–Crippen MR) is 127 cm³/mol. The zero-order valence-corrected chi connectivity index (χ0v) is 18.0. The summed E-state index contributed by atoms with van der Waals surface area (Å²) in [7, 11) is 0. The summed E-state index contributed by atoms with van der Waals surface area (Å²) in [6.07, 6.45) is 3.52. The van der Waals surface area contributed by atoms with Gasteiger partial charge in [0.1, 0.15) is 5.02 Å². The molecule has 0 aliphatic carbocycles. The van der Waals surface area contributed by atoms with Gasteiger partial charge in [0.2, 0.25) is 0 Å². The van der Waals surface area contributed by atoms with Gasteiger partial charge in [0.05, 0.1) is 6.54 Å². The summed E-state index contributed by atoms with van der Waals surface area (Å²) in [5.74, 6) is 0.00793. The number of amides is 1. The molecule has 0 saturated heterocycles. The highest BCUT2D eigenvalue weighted by atomic mass is 35.5. The van der Waals surface area contributed by atoms with Crippen LogP contribution in [0.2, 0.25) is 10.0 Å². The Balaban J connectivity index is 1.60. The summed E-state index contributed by atoms with van der Waals surface area (Å²) in [5, 5.41) is 8.29. The number of anilines is 1. The van der Waals surface area contributed by atoms with E-state index in [1.165, 1.54) is 0 Å². The first-order valence-electron chi connectivity index (χ1n) is 9.70. The van der Waals surface area contributed by atoms with Crippen LogP contribution in [0.25, 0.3) is 11.6 Å². The molecular formula is C25H19Cl2N3O. The fourth-order valence-corrected chi connectivity index (χ4v) is 3.55. The number of benzene rings is 3. The van der Waals surface area contributed by atoms with E-state index in [9.17, 15) is 4.79 Å². The lowest BCUT2D eigenvalue weighted by atomic mass is 10.0. The Morgan fingerprint density at radius 1 is 0.871 bits per heavy atom. The quantitative estimate of drug-likeness (QED) is 0.273. The minimum Gasteiger partial charge on any atom is -0.304 e. The normalized spacial score (nSPS) is 11.4. The lowest BCUT2D eigenvalue weighted by Gasteiger charge is -2.09. The minimum absolute atomic E-state index is 0.292. The third-order valence-corrected chi connectivity index (χ3v) is 5.32. The first kappa shape index (κ1) is 20.9. The minimum atomic E-state index is -0.292. The second-order valence-corrected chi connectivity index (χ2v) is 7.72. The van der Waals surface area contributed by atoms with Gasteiger partial charge in [0, 0.05) is 16.8 Å². The number of rotatable bonds is 6. The summed E-state index contributed by atoms with van der Waals surface area (Å²) < 4.78 is 1.66. The van der Waals surface area contributed by atoms with Crippen LogP contribution in [0.5, 0.6) is 0 Å². The molecule has 0 saturated carbocycles. The molecule has 4 rings (SSSR count). The number of nitrogens with one attached hydrogen (secondary N) is 1. The van der Waals surface area contributed by atoms with Gasteiger partial charge in [-0.25, -0.2) is 0 Å². The number of carbonyl (C=O) groups is 1. The summed E-state index contributed by atoms with van der Waals surface area (Å²) >= 11 is 12.6. The Bertz CT molecular complexity index is 1220. The van der Waals surface area contributed by atoms with Crippen molar-refractivity contribution in [2.45, 2.75) is 6.54 Å². The molecule has 0 aliphatic heterocycles. The van der Waals surface area contributed by atoms with Crippen LogP contribution >= 0.6 is 23.2 Å². The van der Waals surface area contributed by atoms with Gasteiger partial charge in [-0.2, -0.15) is 5.10 Å². The molecule has 0 bridgehead atoms. The van der Waals surface area contributed by atoms with Gasteiger partial charge in [-0.1, -0.05) is 102 Å². The van der Waals surface area contributed by atoms with Crippen LogP contribution < -0.4 is 5.32 Å². The van der Waals surface area contributed by atoms with Crippen molar-refractivity contribution >= 4 is 46.6 Å². The molecule has 1 aromatic heterocycles. The first-order valence-corrected chi connectivity index (χ1v) is 10.5. The molecule has 3 aromatic carbocycles. The van der Waals surface area contributed by atoms with E-state index in [4.69, 9.17) is 23.2 Å². The van der Waals surface area contributed by atoms with Gasteiger partial charge in [-0.3, -0.25) is 9.48 Å². The third-order valence-electron chi connectivity index (χ3n) is 4.68. The van der Waals surface area contributed by atoms with Crippen LogP contribution in [0, 0.1) is 0 Å². The molecule has 0 radical (unpaired) electrons. The number of halogens is 2. The average molecular weight is 448 g/mol. The largest absolute Gasteiger partial charge is 0.304 e.